The summed E-state index contributed by atoms with van der Waals surface area (Å²) in [6.07, 6.45) is 4.01. The summed E-state index contributed by atoms with van der Waals surface area (Å²) < 4.78 is 13.8. The van der Waals surface area contributed by atoms with Crippen LogP contribution in [0.2, 0.25) is 0 Å². The summed E-state index contributed by atoms with van der Waals surface area (Å²) >= 11 is 0. The largest absolute Gasteiger partial charge is 0.378 e. The molecule has 0 bridgehead atoms. The molecule has 0 radical (unpaired) electrons. The second kappa shape index (κ2) is 5.66. The van der Waals surface area contributed by atoms with Crippen LogP contribution in [0.25, 0.3) is 0 Å². The quantitative estimate of drug-likeness (QED) is 0.834. The molecule has 1 unspecified atom stereocenters. The molecule has 20 heavy (non-hydrogen) atoms. The zero-order chi connectivity index (χ0) is 13.9. The summed E-state index contributed by atoms with van der Waals surface area (Å²) in [4.78, 5) is 0. The van der Waals surface area contributed by atoms with Crippen LogP contribution in [0, 0.1) is 5.82 Å². The van der Waals surface area contributed by atoms with E-state index in [9.17, 15) is 4.39 Å². The third-order valence-corrected chi connectivity index (χ3v) is 4.08. The Labute approximate surface area is 119 Å². The molecule has 0 saturated heterocycles. The zero-order valence-corrected chi connectivity index (χ0v) is 11.8. The Morgan fingerprint density at radius 1 is 1.15 bits per heavy atom. The lowest BCUT2D eigenvalue weighted by Crippen LogP contribution is -2.09. The molecule has 0 aromatic heterocycles. The lowest BCUT2D eigenvalue weighted by Gasteiger charge is -2.18. The van der Waals surface area contributed by atoms with E-state index in [0.717, 1.165) is 36.8 Å². The van der Waals surface area contributed by atoms with E-state index >= 15 is 0 Å². The number of benzene rings is 2. The molecule has 3 rings (SSSR count). The van der Waals surface area contributed by atoms with Gasteiger partial charge in [0.2, 0.25) is 0 Å². The molecule has 0 spiro atoms. The molecule has 104 valence electrons. The van der Waals surface area contributed by atoms with Crippen molar-refractivity contribution in [1.82, 2.24) is 0 Å². The second-order valence-corrected chi connectivity index (χ2v) is 5.45. The van der Waals surface area contributed by atoms with Gasteiger partial charge in [-0.25, -0.2) is 4.39 Å². The molecular formula is C18H20FN. The Hall–Kier alpha value is -1.83. The van der Waals surface area contributed by atoms with Crippen LogP contribution in [0.1, 0.15) is 42.5 Å². The van der Waals surface area contributed by atoms with Gasteiger partial charge in [0.1, 0.15) is 5.82 Å². The molecule has 2 aromatic carbocycles. The average molecular weight is 269 g/mol. The van der Waals surface area contributed by atoms with Crippen molar-refractivity contribution in [3.63, 3.8) is 0 Å². The molecule has 0 aliphatic heterocycles. The number of nitrogens with one attached hydrogen (secondary N) is 1. The molecular weight excluding hydrogens is 249 g/mol. The van der Waals surface area contributed by atoms with E-state index in [1.54, 1.807) is 6.07 Å². The molecule has 1 aliphatic rings. The Morgan fingerprint density at radius 3 is 2.85 bits per heavy atom. The fourth-order valence-electron chi connectivity index (χ4n) is 3.10. The van der Waals surface area contributed by atoms with Crippen LogP contribution in [-0.4, -0.2) is 0 Å². The summed E-state index contributed by atoms with van der Waals surface area (Å²) in [6.45, 7) is 2.19. The van der Waals surface area contributed by atoms with Crippen molar-refractivity contribution in [3.8, 4) is 0 Å². The molecule has 0 fully saturated rings. The first-order chi connectivity index (χ1) is 9.79. The van der Waals surface area contributed by atoms with Crippen molar-refractivity contribution in [1.29, 1.82) is 0 Å². The molecule has 1 atom stereocenters. The number of hydrogen-bond acceptors (Lipinski definition) is 1. The number of halogens is 1. The summed E-state index contributed by atoms with van der Waals surface area (Å²) in [5.74, 6) is -0.0614. The lowest BCUT2D eigenvalue weighted by atomic mass is 10.0. The van der Waals surface area contributed by atoms with Gasteiger partial charge in [0.05, 0.1) is 6.04 Å². The maximum absolute atomic E-state index is 13.8. The van der Waals surface area contributed by atoms with Gasteiger partial charge >= 0.3 is 0 Å². The Kier molecular flexibility index (Phi) is 3.72. The maximum Gasteiger partial charge on any atom is 0.126 e. The minimum atomic E-state index is -0.0614. The summed E-state index contributed by atoms with van der Waals surface area (Å²) in [5.41, 5.74) is 4.55. The van der Waals surface area contributed by atoms with E-state index in [-0.39, 0.29) is 11.9 Å². The number of aryl methyl sites for hydroxylation is 1. The minimum Gasteiger partial charge on any atom is -0.378 e. The van der Waals surface area contributed by atoms with Crippen molar-refractivity contribution in [3.05, 3.63) is 65.0 Å². The summed E-state index contributed by atoms with van der Waals surface area (Å²) in [5, 5.41) is 3.61. The van der Waals surface area contributed by atoms with E-state index in [4.69, 9.17) is 0 Å². The third kappa shape index (κ3) is 2.43. The highest BCUT2D eigenvalue weighted by Crippen LogP contribution is 2.35. The first-order valence-corrected chi connectivity index (χ1v) is 7.41. The molecule has 0 heterocycles. The van der Waals surface area contributed by atoms with Gasteiger partial charge in [0, 0.05) is 5.69 Å². The van der Waals surface area contributed by atoms with Crippen molar-refractivity contribution in [2.75, 3.05) is 5.32 Å². The monoisotopic (exact) mass is 269 g/mol. The predicted octanol–water partition coefficient (Wildman–Crippen LogP) is 4.88. The molecule has 1 aliphatic carbocycles. The van der Waals surface area contributed by atoms with E-state index < -0.39 is 0 Å². The highest BCUT2D eigenvalue weighted by molar-refractivity contribution is 5.54. The zero-order valence-electron chi connectivity index (χ0n) is 11.8. The minimum absolute atomic E-state index is 0.0614. The van der Waals surface area contributed by atoms with E-state index in [1.807, 2.05) is 12.1 Å². The average Bonchev–Trinajstić information content (AvgIpc) is 2.86. The maximum atomic E-state index is 13.8. The van der Waals surface area contributed by atoms with Gasteiger partial charge in [0.15, 0.2) is 0 Å². The van der Waals surface area contributed by atoms with E-state index in [1.165, 1.54) is 11.3 Å². The standard InChI is InChI=1S/C18H20FN/c1-2-6-13-7-3-4-10-17(13)20-18-12-11-14-15(18)8-5-9-16(14)19/h3-5,7-10,18,20H,2,6,11-12H2,1H3. The van der Waals surface area contributed by atoms with Gasteiger partial charge in [-0.15, -0.1) is 0 Å². The van der Waals surface area contributed by atoms with Crippen LogP contribution in [0.5, 0.6) is 0 Å². The number of anilines is 1. The topological polar surface area (TPSA) is 12.0 Å². The number of para-hydroxylation sites is 1. The number of hydrogen-bond donors (Lipinski definition) is 1. The van der Waals surface area contributed by atoms with Crippen molar-refractivity contribution in [2.24, 2.45) is 0 Å². The van der Waals surface area contributed by atoms with Crippen LogP contribution in [0.3, 0.4) is 0 Å². The van der Waals surface area contributed by atoms with Crippen LogP contribution in [0.15, 0.2) is 42.5 Å². The number of fused-ring (bicyclic) bond motifs is 1. The van der Waals surface area contributed by atoms with Gasteiger partial charge < -0.3 is 5.32 Å². The smallest absolute Gasteiger partial charge is 0.126 e. The van der Waals surface area contributed by atoms with Crippen molar-refractivity contribution in [2.45, 2.75) is 38.6 Å². The van der Waals surface area contributed by atoms with Gasteiger partial charge in [-0.1, -0.05) is 43.7 Å². The summed E-state index contributed by atoms with van der Waals surface area (Å²) in [6, 6.07) is 14.1. The molecule has 2 heteroatoms. The number of rotatable bonds is 4. The summed E-state index contributed by atoms with van der Waals surface area (Å²) in [7, 11) is 0. The SMILES string of the molecule is CCCc1ccccc1NC1CCc2c(F)cccc21. The Morgan fingerprint density at radius 2 is 2.00 bits per heavy atom. The van der Waals surface area contributed by atoms with Crippen LogP contribution < -0.4 is 5.32 Å². The van der Waals surface area contributed by atoms with Crippen LogP contribution in [0.4, 0.5) is 10.1 Å². The first kappa shape index (κ1) is 13.2. The third-order valence-electron chi connectivity index (χ3n) is 4.08. The van der Waals surface area contributed by atoms with E-state index in [0.29, 0.717) is 0 Å². The van der Waals surface area contributed by atoms with Crippen molar-refractivity contribution < 1.29 is 4.39 Å². The van der Waals surface area contributed by atoms with Crippen molar-refractivity contribution >= 4 is 5.69 Å². The van der Waals surface area contributed by atoms with E-state index in [2.05, 4.69) is 36.5 Å². The fourth-order valence-corrected chi connectivity index (χ4v) is 3.10. The second-order valence-electron chi connectivity index (χ2n) is 5.45. The Balaban J connectivity index is 1.86. The normalized spacial score (nSPS) is 17.0. The first-order valence-electron chi connectivity index (χ1n) is 7.41. The molecule has 1 N–H and O–H groups in total. The van der Waals surface area contributed by atoms with Gasteiger partial charge in [-0.2, -0.15) is 0 Å². The van der Waals surface area contributed by atoms with Crippen LogP contribution >= 0.6 is 0 Å². The molecule has 0 amide bonds. The van der Waals surface area contributed by atoms with Gasteiger partial charge in [0.25, 0.3) is 0 Å². The van der Waals surface area contributed by atoms with Gasteiger partial charge in [-0.05, 0) is 48.1 Å². The molecule has 2 aromatic rings. The molecule has 1 nitrogen and oxygen atoms in total. The molecule has 0 saturated carbocycles. The lowest BCUT2D eigenvalue weighted by molar-refractivity contribution is 0.612. The highest BCUT2D eigenvalue weighted by atomic mass is 19.1. The predicted molar refractivity (Wildman–Crippen MR) is 81.5 cm³/mol. The highest BCUT2D eigenvalue weighted by Gasteiger charge is 2.24. The van der Waals surface area contributed by atoms with Gasteiger partial charge in [-0.3, -0.25) is 0 Å². The Bertz CT molecular complexity index is 606. The fraction of sp³-hybridized carbons (Fsp3) is 0.333. The van der Waals surface area contributed by atoms with Crippen LogP contribution in [-0.2, 0) is 12.8 Å².